The Bertz CT molecular complexity index is 599. The Labute approximate surface area is 173 Å². The number of hydrogen-bond donors (Lipinski definition) is 2. The van der Waals surface area contributed by atoms with Gasteiger partial charge in [-0.2, -0.15) is 0 Å². The predicted octanol–water partition coefficient (Wildman–Crippen LogP) is 2.30. The number of rotatable bonds is 4. The van der Waals surface area contributed by atoms with Gasteiger partial charge in [-0.3, -0.25) is 4.79 Å². The molecule has 1 aliphatic carbocycles. The summed E-state index contributed by atoms with van der Waals surface area (Å²) in [5.41, 5.74) is 1.10. The summed E-state index contributed by atoms with van der Waals surface area (Å²) >= 11 is 0. The third-order valence-corrected chi connectivity index (χ3v) is 5.79. The Hall–Kier alpha value is -1.08. The first-order valence-corrected chi connectivity index (χ1v) is 9.61. The van der Waals surface area contributed by atoms with Crippen LogP contribution in [0.2, 0.25) is 0 Å². The van der Waals surface area contributed by atoms with Gasteiger partial charge in [-0.05, 0) is 42.9 Å². The van der Waals surface area contributed by atoms with E-state index < -0.39 is 0 Å². The van der Waals surface area contributed by atoms with E-state index in [1.165, 1.54) is 25.7 Å². The van der Waals surface area contributed by atoms with Crippen molar-refractivity contribution in [2.75, 3.05) is 31.2 Å². The van der Waals surface area contributed by atoms with Gasteiger partial charge in [-0.15, -0.1) is 24.8 Å². The van der Waals surface area contributed by atoms with Crippen LogP contribution in [-0.2, 0) is 16.1 Å². The van der Waals surface area contributed by atoms with E-state index in [9.17, 15) is 4.79 Å². The number of pyridine rings is 1. The van der Waals surface area contributed by atoms with Gasteiger partial charge in [0.15, 0.2) is 0 Å². The quantitative estimate of drug-likeness (QED) is 0.787. The van der Waals surface area contributed by atoms with Crippen LogP contribution in [0.15, 0.2) is 18.3 Å². The van der Waals surface area contributed by atoms with Gasteiger partial charge in [-0.25, -0.2) is 4.98 Å². The van der Waals surface area contributed by atoms with Gasteiger partial charge >= 0.3 is 0 Å². The lowest BCUT2D eigenvalue weighted by Crippen LogP contribution is -2.42. The van der Waals surface area contributed by atoms with Crippen LogP contribution in [0.1, 0.15) is 37.7 Å². The highest BCUT2D eigenvalue weighted by Crippen LogP contribution is 2.33. The summed E-state index contributed by atoms with van der Waals surface area (Å²) in [6, 6.07) is 4.59. The number of carbonyl (C=O) groups is 1. The zero-order valence-corrected chi connectivity index (χ0v) is 17.2. The molecule has 2 N–H and O–H groups in total. The van der Waals surface area contributed by atoms with Crippen LogP contribution in [0.3, 0.4) is 0 Å². The average molecular weight is 417 g/mol. The molecule has 4 rings (SSSR count). The largest absolute Gasteiger partial charge is 0.378 e. The summed E-state index contributed by atoms with van der Waals surface area (Å²) < 4.78 is 5.39. The molecule has 0 bridgehead atoms. The summed E-state index contributed by atoms with van der Waals surface area (Å²) in [6.45, 7) is 3.80. The molecule has 2 saturated heterocycles. The molecule has 6 nitrogen and oxygen atoms in total. The summed E-state index contributed by atoms with van der Waals surface area (Å²) in [5.74, 6) is 1.80. The van der Waals surface area contributed by atoms with E-state index in [-0.39, 0.29) is 36.8 Å². The van der Waals surface area contributed by atoms with Crippen LogP contribution in [0.4, 0.5) is 5.82 Å². The van der Waals surface area contributed by atoms with Gasteiger partial charge in [0.2, 0.25) is 5.91 Å². The second-order valence-electron chi connectivity index (χ2n) is 7.45. The maximum Gasteiger partial charge on any atom is 0.237 e. The molecule has 1 amide bonds. The topological polar surface area (TPSA) is 66.5 Å². The van der Waals surface area contributed by atoms with Gasteiger partial charge < -0.3 is 20.3 Å². The van der Waals surface area contributed by atoms with Crippen LogP contribution in [0, 0.1) is 5.92 Å². The molecule has 0 spiro atoms. The van der Waals surface area contributed by atoms with E-state index >= 15 is 0 Å². The van der Waals surface area contributed by atoms with Crippen LogP contribution < -0.4 is 15.5 Å². The lowest BCUT2D eigenvalue weighted by molar-refractivity contribution is -0.123. The molecule has 2 aliphatic heterocycles. The van der Waals surface area contributed by atoms with Crippen LogP contribution in [0.5, 0.6) is 0 Å². The van der Waals surface area contributed by atoms with E-state index in [1.807, 2.05) is 12.3 Å². The monoisotopic (exact) mass is 416 g/mol. The Morgan fingerprint density at radius 3 is 2.81 bits per heavy atom. The van der Waals surface area contributed by atoms with E-state index in [0.29, 0.717) is 18.5 Å². The summed E-state index contributed by atoms with van der Waals surface area (Å²) in [7, 11) is 0. The molecule has 3 unspecified atom stereocenters. The van der Waals surface area contributed by atoms with Gasteiger partial charge in [0, 0.05) is 31.9 Å². The Morgan fingerprint density at radius 1 is 1.26 bits per heavy atom. The second-order valence-corrected chi connectivity index (χ2v) is 7.45. The number of nitrogens with zero attached hydrogens (tertiary/aromatic N) is 2. The molecule has 3 atom stereocenters. The molecule has 3 fully saturated rings. The van der Waals surface area contributed by atoms with E-state index in [1.54, 1.807) is 0 Å². The summed E-state index contributed by atoms with van der Waals surface area (Å²) in [4.78, 5) is 19.2. The zero-order chi connectivity index (χ0) is 17.1. The molecule has 27 heavy (non-hydrogen) atoms. The van der Waals surface area contributed by atoms with E-state index in [4.69, 9.17) is 4.74 Å². The molecule has 3 aliphatic rings. The molecular formula is C19H30Cl2N4O2. The Kier molecular flexibility index (Phi) is 8.61. The molecule has 8 heteroatoms. The number of amides is 1. The lowest BCUT2D eigenvalue weighted by Gasteiger charge is -2.28. The molecule has 152 valence electrons. The fraction of sp³-hybridized carbons (Fsp3) is 0.684. The van der Waals surface area contributed by atoms with Crippen molar-refractivity contribution in [2.45, 2.75) is 50.7 Å². The SMILES string of the molecule is Cl.Cl.O=C(NCc1ccnc(N2CCOCC2)c1)C1CC2CCCCC2N1. The van der Waals surface area contributed by atoms with Crippen molar-refractivity contribution < 1.29 is 9.53 Å². The highest BCUT2D eigenvalue weighted by atomic mass is 35.5. The molecule has 1 aromatic heterocycles. The van der Waals surface area contributed by atoms with Crippen LogP contribution >= 0.6 is 24.8 Å². The van der Waals surface area contributed by atoms with E-state index in [2.05, 4.69) is 26.6 Å². The smallest absolute Gasteiger partial charge is 0.237 e. The third kappa shape index (κ3) is 5.47. The minimum atomic E-state index is -0.0198. The Balaban J connectivity index is 0.00000131. The van der Waals surface area contributed by atoms with Crippen molar-refractivity contribution in [3.05, 3.63) is 23.9 Å². The number of hydrogen-bond acceptors (Lipinski definition) is 5. The average Bonchev–Trinajstić information content (AvgIpc) is 3.11. The first kappa shape index (κ1) is 22.2. The number of nitrogens with one attached hydrogen (secondary N) is 2. The minimum absolute atomic E-state index is 0. The normalized spacial score (nSPS) is 27.1. The maximum absolute atomic E-state index is 12.5. The number of anilines is 1. The summed E-state index contributed by atoms with van der Waals surface area (Å²) in [5, 5.41) is 6.65. The minimum Gasteiger partial charge on any atom is -0.378 e. The second kappa shape index (κ2) is 10.5. The van der Waals surface area contributed by atoms with Gasteiger partial charge in [0.1, 0.15) is 5.82 Å². The van der Waals surface area contributed by atoms with Gasteiger partial charge in [0.05, 0.1) is 19.3 Å². The Morgan fingerprint density at radius 2 is 2.04 bits per heavy atom. The van der Waals surface area contributed by atoms with Crippen molar-refractivity contribution >= 4 is 36.5 Å². The summed E-state index contributed by atoms with van der Waals surface area (Å²) in [6.07, 6.45) is 7.93. The van der Waals surface area contributed by atoms with Crippen molar-refractivity contribution in [3.63, 3.8) is 0 Å². The zero-order valence-electron chi connectivity index (χ0n) is 15.6. The number of aromatic nitrogens is 1. The molecule has 0 radical (unpaired) electrons. The van der Waals surface area contributed by atoms with Crippen molar-refractivity contribution in [3.8, 4) is 0 Å². The van der Waals surface area contributed by atoms with Crippen LogP contribution in [0.25, 0.3) is 0 Å². The van der Waals surface area contributed by atoms with Crippen LogP contribution in [-0.4, -0.2) is 49.3 Å². The van der Waals surface area contributed by atoms with Gasteiger partial charge in [0.25, 0.3) is 0 Å². The van der Waals surface area contributed by atoms with Crippen molar-refractivity contribution in [2.24, 2.45) is 5.92 Å². The van der Waals surface area contributed by atoms with Gasteiger partial charge in [-0.1, -0.05) is 12.8 Å². The van der Waals surface area contributed by atoms with Crippen molar-refractivity contribution in [1.29, 1.82) is 0 Å². The highest BCUT2D eigenvalue weighted by molar-refractivity contribution is 5.85. The first-order valence-electron chi connectivity index (χ1n) is 9.61. The predicted molar refractivity (Wildman–Crippen MR) is 111 cm³/mol. The third-order valence-electron chi connectivity index (χ3n) is 5.79. The van der Waals surface area contributed by atoms with Crippen molar-refractivity contribution in [1.82, 2.24) is 15.6 Å². The number of ether oxygens (including phenoxy) is 1. The molecule has 1 saturated carbocycles. The lowest BCUT2D eigenvalue weighted by atomic mass is 9.85. The molecule has 1 aromatic rings. The first-order chi connectivity index (χ1) is 12.3. The molecule has 0 aromatic carbocycles. The molecular weight excluding hydrogens is 387 g/mol. The fourth-order valence-electron chi connectivity index (χ4n) is 4.37. The standard InChI is InChI=1S/C19H28N4O2.2ClH/c24-19(17-12-15-3-1-2-4-16(15)22-17)21-13-14-5-6-20-18(11-14)23-7-9-25-10-8-23;;/h5-6,11,15-17,22H,1-4,7-10,12-13H2,(H,21,24);2*1H. The highest BCUT2D eigenvalue weighted by Gasteiger charge is 2.37. The number of halogens is 2. The number of carbonyl (C=O) groups excluding carboxylic acids is 1. The maximum atomic E-state index is 12.5. The molecule has 3 heterocycles. The number of fused-ring (bicyclic) bond motifs is 1. The van der Waals surface area contributed by atoms with E-state index in [0.717, 1.165) is 44.1 Å². The number of morpholine rings is 1. The fourth-order valence-corrected chi connectivity index (χ4v) is 4.37.